The minimum absolute atomic E-state index is 0. The first-order chi connectivity index (χ1) is 10.2. The van der Waals surface area contributed by atoms with Crippen LogP contribution in [0.2, 0.25) is 0 Å². The first kappa shape index (κ1) is 18.1. The second kappa shape index (κ2) is 9.11. The zero-order valence-corrected chi connectivity index (χ0v) is 13.8. The van der Waals surface area contributed by atoms with Crippen LogP contribution in [0.15, 0.2) is 60.7 Å². The molecular weight excluding hydrogens is 296 g/mol. The average Bonchev–Trinajstić information content (AvgIpc) is 2.52. The number of amides is 1. The fourth-order valence-corrected chi connectivity index (χ4v) is 2.26. The van der Waals surface area contributed by atoms with Crippen molar-refractivity contribution in [1.29, 1.82) is 0 Å². The van der Waals surface area contributed by atoms with Crippen LogP contribution in [0.3, 0.4) is 0 Å². The molecule has 3 nitrogen and oxygen atoms in total. The van der Waals surface area contributed by atoms with E-state index >= 15 is 0 Å². The smallest absolute Gasteiger partial charge is 0.239 e. The van der Waals surface area contributed by atoms with Gasteiger partial charge in [0.15, 0.2) is 0 Å². The van der Waals surface area contributed by atoms with Crippen LogP contribution in [-0.4, -0.2) is 12.5 Å². The van der Waals surface area contributed by atoms with Crippen LogP contribution in [0, 0.1) is 5.92 Å². The maximum absolute atomic E-state index is 12.1. The number of carbonyl (C=O) groups is 1. The van der Waals surface area contributed by atoms with Crippen molar-refractivity contribution in [2.45, 2.75) is 19.9 Å². The van der Waals surface area contributed by atoms with Crippen LogP contribution in [-0.2, 0) is 4.79 Å². The van der Waals surface area contributed by atoms with Gasteiger partial charge < -0.3 is 10.6 Å². The highest BCUT2D eigenvalue weighted by Gasteiger charge is 2.17. The van der Waals surface area contributed by atoms with E-state index in [-0.39, 0.29) is 30.9 Å². The molecule has 2 rings (SSSR count). The number of benzene rings is 2. The molecule has 0 radical (unpaired) electrons. The summed E-state index contributed by atoms with van der Waals surface area (Å²) in [4.78, 5) is 12.1. The van der Waals surface area contributed by atoms with Gasteiger partial charge in [-0.1, -0.05) is 62.4 Å². The van der Waals surface area contributed by atoms with E-state index in [0.29, 0.717) is 5.92 Å². The Morgan fingerprint density at radius 3 is 2.05 bits per heavy atom. The molecule has 0 saturated heterocycles. The predicted octanol–water partition coefficient (Wildman–Crippen LogP) is 4.03. The lowest BCUT2D eigenvalue weighted by Gasteiger charge is -2.23. The summed E-state index contributed by atoms with van der Waals surface area (Å²) >= 11 is 0. The molecule has 0 saturated carbocycles. The van der Waals surface area contributed by atoms with E-state index in [9.17, 15) is 4.79 Å². The van der Waals surface area contributed by atoms with E-state index in [4.69, 9.17) is 0 Å². The third-order valence-corrected chi connectivity index (χ3v) is 3.37. The molecule has 2 aromatic carbocycles. The lowest BCUT2D eigenvalue weighted by molar-refractivity contribution is -0.120. The Morgan fingerprint density at radius 1 is 0.955 bits per heavy atom. The van der Waals surface area contributed by atoms with E-state index in [1.165, 1.54) is 0 Å². The van der Waals surface area contributed by atoms with E-state index in [1.807, 2.05) is 48.5 Å². The number of halogens is 1. The van der Waals surface area contributed by atoms with Crippen molar-refractivity contribution >= 4 is 24.0 Å². The van der Waals surface area contributed by atoms with Gasteiger partial charge in [-0.05, 0) is 23.6 Å². The predicted molar refractivity (Wildman–Crippen MR) is 94.3 cm³/mol. The van der Waals surface area contributed by atoms with Gasteiger partial charge >= 0.3 is 0 Å². The molecular formula is C18H23ClN2O. The topological polar surface area (TPSA) is 41.1 Å². The van der Waals surface area contributed by atoms with Crippen LogP contribution < -0.4 is 10.6 Å². The molecule has 1 amide bonds. The van der Waals surface area contributed by atoms with Crippen LogP contribution >= 0.6 is 12.4 Å². The fourth-order valence-electron chi connectivity index (χ4n) is 2.26. The third kappa shape index (κ3) is 5.41. The quantitative estimate of drug-likeness (QED) is 0.844. The monoisotopic (exact) mass is 318 g/mol. The van der Waals surface area contributed by atoms with E-state index in [1.54, 1.807) is 0 Å². The zero-order chi connectivity index (χ0) is 15.1. The number of rotatable bonds is 6. The number of carbonyl (C=O) groups excluding carboxylic acids is 1. The fraction of sp³-hybridized carbons (Fsp3) is 0.278. The highest BCUT2D eigenvalue weighted by molar-refractivity contribution is 5.85. The summed E-state index contributed by atoms with van der Waals surface area (Å²) < 4.78 is 0. The maximum atomic E-state index is 12.1. The van der Waals surface area contributed by atoms with Crippen molar-refractivity contribution < 1.29 is 4.79 Å². The largest absolute Gasteiger partial charge is 0.376 e. The van der Waals surface area contributed by atoms with Crippen molar-refractivity contribution in [1.82, 2.24) is 5.32 Å². The second-order valence-corrected chi connectivity index (χ2v) is 5.42. The second-order valence-electron chi connectivity index (χ2n) is 5.42. The molecule has 118 valence electrons. The first-order valence-corrected chi connectivity index (χ1v) is 7.30. The van der Waals surface area contributed by atoms with Crippen LogP contribution in [0.25, 0.3) is 0 Å². The third-order valence-electron chi connectivity index (χ3n) is 3.37. The van der Waals surface area contributed by atoms with Gasteiger partial charge in [-0.15, -0.1) is 12.4 Å². The summed E-state index contributed by atoms with van der Waals surface area (Å²) in [5, 5.41) is 6.23. The molecule has 0 aromatic heterocycles. The lowest BCUT2D eigenvalue weighted by atomic mass is 9.96. The standard InChI is InChI=1S/C18H22N2O.ClH/c1-14(2)18(15-9-5-3-6-10-15)20-17(21)13-19-16-11-7-4-8-12-16;/h3-12,14,18-19H,13H2,1-2H3,(H,20,21);1H. The Morgan fingerprint density at radius 2 is 1.50 bits per heavy atom. The summed E-state index contributed by atoms with van der Waals surface area (Å²) in [7, 11) is 0. The van der Waals surface area contributed by atoms with Crippen molar-refractivity contribution in [2.24, 2.45) is 5.92 Å². The molecule has 1 unspecified atom stereocenters. The highest BCUT2D eigenvalue weighted by Crippen LogP contribution is 2.21. The normalized spacial score (nSPS) is 11.4. The molecule has 1 atom stereocenters. The summed E-state index contributed by atoms with van der Waals surface area (Å²) in [5.41, 5.74) is 2.09. The molecule has 0 bridgehead atoms. The minimum atomic E-state index is 0. The Labute approximate surface area is 138 Å². The van der Waals surface area contributed by atoms with Crippen molar-refractivity contribution in [3.8, 4) is 0 Å². The van der Waals surface area contributed by atoms with Crippen LogP contribution in [0.4, 0.5) is 5.69 Å². The summed E-state index contributed by atoms with van der Waals surface area (Å²) in [6.45, 7) is 4.51. The SMILES string of the molecule is CC(C)C(NC(=O)CNc1ccccc1)c1ccccc1.Cl. The Balaban J connectivity index is 0.00000242. The van der Waals surface area contributed by atoms with Gasteiger partial charge in [0.1, 0.15) is 0 Å². The molecule has 2 aromatic rings. The molecule has 0 fully saturated rings. The van der Waals surface area contributed by atoms with Gasteiger partial charge in [0.25, 0.3) is 0 Å². The van der Waals surface area contributed by atoms with Gasteiger partial charge in [-0.3, -0.25) is 4.79 Å². The Kier molecular flexibility index (Phi) is 7.47. The average molecular weight is 319 g/mol. The Hall–Kier alpha value is -2.00. The minimum Gasteiger partial charge on any atom is -0.376 e. The van der Waals surface area contributed by atoms with E-state index in [0.717, 1.165) is 11.3 Å². The molecule has 22 heavy (non-hydrogen) atoms. The van der Waals surface area contributed by atoms with Gasteiger partial charge in [0.05, 0.1) is 12.6 Å². The molecule has 4 heteroatoms. The van der Waals surface area contributed by atoms with Crippen molar-refractivity contribution in [3.05, 3.63) is 66.2 Å². The van der Waals surface area contributed by atoms with Crippen LogP contribution in [0.1, 0.15) is 25.5 Å². The van der Waals surface area contributed by atoms with Gasteiger partial charge in [0, 0.05) is 5.69 Å². The van der Waals surface area contributed by atoms with E-state index < -0.39 is 0 Å². The van der Waals surface area contributed by atoms with Crippen LogP contribution in [0.5, 0.6) is 0 Å². The zero-order valence-electron chi connectivity index (χ0n) is 13.0. The highest BCUT2D eigenvalue weighted by atomic mass is 35.5. The molecule has 0 aliphatic rings. The summed E-state index contributed by atoms with van der Waals surface area (Å²) in [6.07, 6.45) is 0. The number of para-hydroxylation sites is 1. The molecule has 0 aliphatic carbocycles. The van der Waals surface area contributed by atoms with Gasteiger partial charge in [0.2, 0.25) is 5.91 Å². The van der Waals surface area contributed by atoms with Crippen molar-refractivity contribution in [3.63, 3.8) is 0 Å². The first-order valence-electron chi connectivity index (χ1n) is 7.30. The number of hydrogen-bond donors (Lipinski definition) is 2. The lowest BCUT2D eigenvalue weighted by Crippen LogP contribution is -2.35. The summed E-state index contributed by atoms with van der Waals surface area (Å²) in [5.74, 6) is 0.342. The Bertz CT molecular complexity index is 558. The van der Waals surface area contributed by atoms with E-state index in [2.05, 4.69) is 36.6 Å². The molecule has 0 spiro atoms. The van der Waals surface area contributed by atoms with Gasteiger partial charge in [-0.25, -0.2) is 0 Å². The molecule has 0 aliphatic heterocycles. The number of anilines is 1. The number of hydrogen-bond acceptors (Lipinski definition) is 2. The van der Waals surface area contributed by atoms with Gasteiger partial charge in [-0.2, -0.15) is 0 Å². The molecule has 0 heterocycles. The maximum Gasteiger partial charge on any atom is 0.239 e. The van der Waals surface area contributed by atoms with Crippen molar-refractivity contribution in [2.75, 3.05) is 11.9 Å². The molecule has 2 N–H and O–H groups in total. The summed E-state index contributed by atoms with van der Waals surface area (Å²) in [6, 6.07) is 19.9. The number of nitrogens with one attached hydrogen (secondary N) is 2.